The highest BCUT2D eigenvalue weighted by molar-refractivity contribution is 6.34. The predicted molar refractivity (Wildman–Crippen MR) is 137 cm³/mol. The Morgan fingerprint density at radius 3 is 2.59 bits per heavy atom. The van der Waals surface area contributed by atoms with Gasteiger partial charge in [0.1, 0.15) is 16.5 Å². The Labute approximate surface area is 219 Å². The maximum atomic E-state index is 11.7. The lowest BCUT2D eigenvalue weighted by atomic mass is 10.1. The number of hydrogen-bond donors (Lipinski definition) is 1. The van der Waals surface area contributed by atoms with Gasteiger partial charge in [0.15, 0.2) is 6.61 Å². The molecule has 0 bridgehead atoms. The molecule has 0 fully saturated rings. The normalized spacial score (nSPS) is 10.5. The average Bonchev–Trinajstić information content (AvgIpc) is 3.19. The molecule has 11 nitrogen and oxygen atoms in total. The zero-order valence-electron chi connectivity index (χ0n) is 21.3. The van der Waals surface area contributed by atoms with Crippen molar-refractivity contribution in [2.75, 3.05) is 31.8 Å². The zero-order valence-corrected chi connectivity index (χ0v) is 22.0. The number of aromatic nitrogens is 4. The minimum Gasteiger partial charge on any atom is -0.496 e. The van der Waals surface area contributed by atoms with Crippen molar-refractivity contribution in [3.63, 3.8) is 0 Å². The highest BCUT2D eigenvalue weighted by Crippen LogP contribution is 2.31. The van der Waals surface area contributed by atoms with Gasteiger partial charge in [-0.2, -0.15) is 9.97 Å². The van der Waals surface area contributed by atoms with Crippen molar-refractivity contribution in [3.8, 4) is 17.6 Å². The van der Waals surface area contributed by atoms with E-state index in [-0.39, 0.29) is 37.3 Å². The average molecular weight is 530 g/mol. The first-order valence-corrected chi connectivity index (χ1v) is 11.9. The molecule has 0 spiro atoms. The molecular weight excluding hydrogens is 502 g/mol. The van der Waals surface area contributed by atoms with Crippen molar-refractivity contribution in [1.82, 2.24) is 19.5 Å². The van der Waals surface area contributed by atoms with Crippen molar-refractivity contribution >= 4 is 40.8 Å². The number of fused-ring (bicyclic) bond motifs is 1. The fourth-order valence-electron chi connectivity index (χ4n) is 3.80. The fourth-order valence-corrected chi connectivity index (χ4v) is 4.08. The number of nitrogens with zero attached hydrogens (tertiary/aromatic N) is 5. The van der Waals surface area contributed by atoms with Crippen molar-refractivity contribution in [1.29, 1.82) is 0 Å². The standard InChI is InChI=1S/C25H28ClN5O6/c1-6-31(24(32)33)23-28-21(26)19-17(10-8-9-11-37-25(34)36-7-2)13-30(22(19)29-23)14-18-16(4)20(35-5)15(3)12-27-18/h12-13H,6-7,10-11,14H2,1-5H3,(H,32,33). The number of methoxy groups -OCH3 is 1. The van der Waals surface area contributed by atoms with Crippen LogP contribution in [0.3, 0.4) is 0 Å². The van der Waals surface area contributed by atoms with Crippen LogP contribution in [0.5, 0.6) is 5.75 Å². The van der Waals surface area contributed by atoms with E-state index in [9.17, 15) is 14.7 Å². The lowest BCUT2D eigenvalue weighted by molar-refractivity contribution is 0.0686. The lowest BCUT2D eigenvalue weighted by Crippen LogP contribution is -2.30. The van der Waals surface area contributed by atoms with E-state index in [2.05, 4.69) is 26.8 Å². The first kappa shape index (κ1) is 27.5. The number of amides is 1. The SMILES string of the molecule is CCOC(=O)OCC#CCc1cn(Cc2ncc(C)c(OC)c2C)c2nc(N(CC)C(=O)O)nc(Cl)c12. The predicted octanol–water partition coefficient (Wildman–Crippen LogP) is 4.38. The van der Waals surface area contributed by atoms with Crippen LogP contribution >= 0.6 is 11.6 Å². The summed E-state index contributed by atoms with van der Waals surface area (Å²) in [7, 11) is 1.61. The van der Waals surface area contributed by atoms with Crippen molar-refractivity contribution in [3.05, 3.63) is 39.9 Å². The summed E-state index contributed by atoms with van der Waals surface area (Å²) in [6.07, 6.45) is 1.86. The van der Waals surface area contributed by atoms with Crippen LogP contribution < -0.4 is 9.64 Å². The third-order valence-electron chi connectivity index (χ3n) is 5.53. The maximum absolute atomic E-state index is 11.7. The Hall–Kier alpha value is -4.04. The first-order valence-electron chi connectivity index (χ1n) is 11.5. The quantitative estimate of drug-likeness (QED) is 0.257. The Balaban J connectivity index is 2.05. The van der Waals surface area contributed by atoms with Crippen molar-refractivity contribution in [2.45, 2.75) is 40.7 Å². The molecule has 0 unspecified atom stereocenters. The molecule has 196 valence electrons. The molecule has 3 rings (SSSR count). The van der Waals surface area contributed by atoms with Gasteiger partial charge in [-0.25, -0.2) is 14.5 Å². The summed E-state index contributed by atoms with van der Waals surface area (Å²) in [5.41, 5.74) is 3.71. The van der Waals surface area contributed by atoms with Gasteiger partial charge in [-0.15, -0.1) is 0 Å². The van der Waals surface area contributed by atoms with Crippen LogP contribution in [-0.2, 0) is 22.4 Å². The molecular formula is C25H28ClN5O6. The van der Waals surface area contributed by atoms with Gasteiger partial charge in [-0.05, 0) is 33.3 Å². The van der Waals surface area contributed by atoms with Crippen LogP contribution in [0, 0.1) is 25.7 Å². The van der Waals surface area contributed by atoms with Gasteiger partial charge in [0.25, 0.3) is 0 Å². The van der Waals surface area contributed by atoms with Gasteiger partial charge in [0, 0.05) is 36.5 Å². The molecule has 1 amide bonds. The Morgan fingerprint density at radius 1 is 1.19 bits per heavy atom. The smallest absolute Gasteiger partial charge is 0.496 e. The summed E-state index contributed by atoms with van der Waals surface area (Å²) < 4.78 is 16.9. The summed E-state index contributed by atoms with van der Waals surface area (Å²) >= 11 is 6.55. The molecule has 0 aromatic carbocycles. The van der Waals surface area contributed by atoms with E-state index in [0.29, 0.717) is 17.6 Å². The number of rotatable bonds is 8. The minimum atomic E-state index is -1.19. The second-order valence-corrected chi connectivity index (χ2v) is 8.23. The molecule has 0 saturated carbocycles. The van der Waals surface area contributed by atoms with Crippen LogP contribution in [0.15, 0.2) is 12.4 Å². The van der Waals surface area contributed by atoms with Gasteiger partial charge in [-0.1, -0.05) is 23.4 Å². The second-order valence-electron chi connectivity index (χ2n) is 7.87. The third kappa shape index (κ3) is 6.21. The third-order valence-corrected chi connectivity index (χ3v) is 5.80. The van der Waals surface area contributed by atoms with E-state index in [0.717, 1.165) is 33.0 Å². The number of carbonyl (C=O) groups is 2. The molecule has 12 heteroatoms. The number of pyridine rings is 1. The largest absolute Gasteiger partial charge is 0.509 e. The number of ether oxygens (including phenoxy) is 3. The van der Waals surface area contributed by atoms with Gasteiger partial charge in [-0.3, -0.25) is 4.98 Å². The van der Waals surface area contributed by atoms with Gasteiger partial charge in [0.05, 0.1) is 31.3 Å². The molecule has 0 aliphatic carbocycles. The summed E-state index contributed by atoms with van der Waals surface area (Å²) in [5, 5.41) is 10.2. The topological polar surface area (TPSA) is 129 Å². The zero-order chi connectivity index (χ0) is 27.1. The molecule has 3 aromatic rings. The molecule has 0 saturated heterocycles. The van der Waals surface area contributed by atoms with E-state index in [1.54, 1.807) is 27.2 Å². The molecule has 0 aliphatic rings. The molecule has 1 N–H and O–H groups in total. The number of carboxylic acid groups (broad SMARTS) is 1. The highest BCUT2D eigenvalue weighted by atomic mass is 35.5. The van der Waals surface area contributed by atoms with Crippen LogP contribution in [0.1, 0.15) is 36.2 Å². The minimum absolute atomic E-state index is 0.0292. The van der Waals surface area contributed by atoms with Crippen LogP contribution in [-0.4, -0.2) is 63.7 Å². The van der Waals surface area contributed by atoms with E-state index in [1.165, 1.54) is 0 Å². The highest BCUT2D eigenvalue weighted by Gasteiger charge is 2.22. The fraction of sp³-hybridized carbons (Fsp3) is 0.400. The van der Waals surface area contributed by atoms with Crippen molar-refractivity contribution in [2.24, 2.45) is 0 Å². The van der Waals surface area contributed by atoms with Gasteiger partial charge >= 0.3 is 12.2 Å². The molecule has 37 heavy (non-hydrogen) atoms. The second kappa shape index (κ2) is 12.3. The van der Waals surface area contributed by atoms with Crippen LogP contribution in [0.4, 0.5) is 15.5 Å². The summed E-state index contributed by atoms with van der Waals surface area (Å²) in [6, 6.07) is 0. The number of anilines is 1. The number of aryl methyl sites for hydroxylation is 1. The van der Waals surface area contributed by atoms with E-state index in [4.69, 9.17) is 25.8 Å². The molecule has 0 atom stereocenters. The first-order chi connectivity index (χ1) is 17.7. The molecule has 3 heterocycles. The summed E-state index contributed by atoms with van der Waals surface area (Å²) in [4.78, 5) is 37.4. The van der Waals surface area contributed by atoms with E-state index < -0.39 is 12.2 Å². The Kier molecular flexibility index (Phi) is 9.14. The number of halogens is 1. The lowest BCUT2D eigenvalue weighted by Gasteiger charge is -2.16. The number of carbonyl (C=O) groups excluding carboxylic acids is 1. The van der Waals surface area contributed by atoms with Crippen LogP contribution in [0.2, 0.25) is 5.15 Å². The van der Waals surface area contributed by atoms with Gasteiger partial charge < -0.3 is 23.9 Å². The van der Waals surface area contributed by atoms with Crippen molar-refractivity contribution < 1.29 is 28.9 Å². The molecule has 0 aliphatic heterocycles. The van der Waals surface area contributed by atoms with E-state index in [1.807, 2.05) is 24.6 Å². The van der Waals surface area contributed by atoms with E-state index >= 15 is 0 Å². The summed E-state index contributed by atoms with van der Waals surface area (Å²) in [6.45, 7) is 7.76. The number of hydrogen-bond acceptors (Lipinski definition) is 8. The molecule has 0 radical (unpaired) electrons. The summed E-state index contributed by atoms with van der Waals surface area (Å²) in [5.74, 6) is 6.43. The Bertz CT molecular complexity index is 1380. The maximum Gasteiger partial charge on any atom is 0.509 e. The van der Waals surface area contributed by atoms with Crippen LogP contribution in [0.25, 0.3) is 11.0 Å². The molecule has 3 aromatic heterocycles. The monoisotopic (exact) mass is 529 g/mol. The Morgan fingerprint density at radius 2 is 1.95 bits per heavy atom. The van der Waals surface area contributed by atoms with Gasteiger partial charge in [0.2, 0.25) is 5.95 Å².